The Morgan fingerprint density at radius 2 is 2.05 bits per heavy atom. The lowest BCUT2D eigenvalue weighted by molar-refractivity contribution is -0.122. The summed E-state index contributed by atoms with van der Waals surface area (Å²) in [7, 11) is 1.53. The molecule has 0 bridgehead atoms. The third-order valence-corrected chi connectivity index (χ3v) is 2.33. The van der Waals surface area contributed by atoms with Gasteiger partial charge in [-0.3, -0.25) is 9.59 Å². The van der Waals surface area contributed by atoms with Crippen LogP contribution in [0.3, 0.4) is 0 Å². The molecular formula is C13H19N3O3. The average Bonchev–Trinajstić information content (AvgIpc) is 2.35. The molecule has 19 heavy (non-hydrogen) atoms. The van der Waals surface area contributed by atoms with Crippen LogP contribution < -0.4 is 21.1 Å². The van der Waals surface area contributed by atoms with Gasteiger partial charge in [-0.2, -0.15) is 0 Å². The van der Waals surface area contributed by atoms with Crippen molar-refractivity contribution in [3.63, 3.8) is 0 Å². The van der Waals surface area contributed by atoms with Crippen LogP contribution in [0.2, 0.25) is 0 Å². The highest BCUT2D eigenvalue weighted by molar-refractivity contribution is 5.97. The second kappa shape index (κ2) is 6.19. The first-order valence-corrected chi connectivity index (χ1v) is 5.86. The Morgan fingerprint density at radius 1 is 1.37 bits per heavy atom. The fraction of sp³-hybridized carbons (Fsp3) is 0.385. The normalized spacial score (nSPS) is 10.7. The maximum absolute atomic E-state index is 11.7. The molecule has 1 aromatic carbocycles. The van der Waals surface area contributed by atoms with Crippen LogP contribution in [0.25, 0.3) is 0 Å². The number of hydrogen-bond donors (Lipinski definition) is 3. The van der Waals surface area contributed by atoms with Gasteiger partial charge in [0.1, 0.15) is 5.75 Å². The Morgan fingerprint density at radius 3 is 2.63 bits per heavy atom. The summed E-state index contributed by atoms with van der Waals surface area (Å²) in [6, 6.07) is 6.77. The zero-order valence-corrected chi connectivity index (χ0v) is 11.3. The van der Waals surface area contributed by atoms with Gasteiger partial charge in [-0.25, -0.2) is 0 Å². The van der Waals surface area contributed by atoms with Crippen molar-refractivity contribution in [1.82, 2.24) is 5.32 Å². The molecule has 0 spiro atoms. The maximum atomic E-state index is 11.7. The van der Waals surface area contributed by atoms with Crippen LogP contribution in [-0.2, 0) is 9.59 Å². The number of ether oxygens (including phenoxy) is 1. The van der Waals surface area contributed by atoms with Gasteiger partial charge in [0.15, 0.2) is 6.61 Å². The van der Waals surface area contributed by atoms with Gasteiger partial charge >= 0.3 is 0 Å². The Hall–Kier alpha value is -2.08. The van der Waals surface area contributed by atoms with Gasteiger partial charge in [-0.15, -0.1) is 0 Å². The minimum atomic E-state index is -0.959. The molecule has 0 aliphatic carbocycles. The molecule has 0 fully saturated rings. The van der Waals surface area contributed by atoms with Gasteiger partial charge in [0.2, 0.25) is 5.91 Å². The smallest absolute Gasteiger partial charge is 0.257 e. The molecule has 104 valence electrons. The summed E-state index contributed by atoms with van der Waals surface area (Å²) >= 11 is 0. The number of amides is 2. The van der Waals surface area contributed by atoms with Gasteiger partial charge in [-0.1, -0.05) is 6.07 Å². The summed E-state index contributed by atoms with van der Waals surface area (Å²) in [6.45, 7) is 3.17. The van der Waals surface area contributed by atoms with E-state index in [0.717, 1.165) is 0 Å². The summed E-state index contributed by atoms with van der Waals surface area (Å²) in [5.74, 6) is -0.0234. The van der Waals surface area contributed by atoms with E-state index in [1.165, 1.54) is 7.05 Å². The van der Waals surface area contributed by atoms with E-state index in [4.69, 9.17) is 10.5 Å². The lowest BCUT2D eigenvalue weighted by Gasteiger charge is -2.18. The van der Waals surface area contributed by atoms with E-state index in [1.807, 2.05) is 0 Å². The molecule has 0 radical (unpaired) electrons. The first kappa shape index (κ1) is 15.0. The summed E-state index contributed by atoms with van der Waals surface area (Å²) in [6.07, 6.45) is 0. The lowest BCUT2D eigenvalue weighted by atomic mass is 10.1. The molecule has 1 rings (SSSR count). The van der Waals surface area contributed by atoms with Crippen LogP contribution in [0.15, 0.2) is 24.3 Å². The van der Waals surface area contributed by atoms with Crippen LogP contribution in [0, 0.1) is 0 Å². The van der Waals surface area contributed by atoms with Crippen molar-refractivity contribution in [3.8, 4) is 5.75 Å². The van der Waals surface area contributed by atoms with Crippen LogP contribution in [0.4, 0.5) is 5.69 Å². The van der Waals surface area contributed by atoms with Crippen molar-refractivity contribution in [3.05, 3.63) is 24.3 Å². The second-order valence-corrected chi connectivity index (χ2v) is 4.67. The predicted octanol–water partition coefficient (Wildman–Crippen LogP) is 0.487. The van der Waals surface area contributed by atoms with Crippen molar-refractivity contribution >= 4 is 17.5 Å². The maximum Gasteiger partial charge on any atom is 0.257 e. The van der Waals surface area contributed by atoms with Crippen molar-refractivity contribution < 1.29 is 14.3 Å². The minimum absolute atomic E-state index is 0.0731. The van der Waals surface area contributed by atoms with Crippen molar-refractivity contribution in [2.24, 2.45) is 5.73 Å². The van der Waals surface area contributed by atoms with Gasteiger partial charge in [-0.05, 0) is 26.0 Å². The molecule has 1 aromatic rings. The quantitative estimate of drug-likeness (QED) is 0.722. The fourth-order valence-corrected chi connectivity index (χ4v) is 1.18. The number of nitrogens with two attached hydrogens (primary N) is 1. The van der Waals surface area contributed by atoms with E-state index in [-0.39, 0.29) is 18.4 Å². The summed E-state index contributed by atoms with van der Waals surface area (Å²) in [4.78, 5) is 22.8. The lowest BCUT2D eigenvalue weighted by Crippen LogP contribution is -2.45. The molecule has 2 amide bonds. The molecule has 6 nitrogen and oxygen atoms in total. The van der Waals surface area contributed by atoms with Crippen LogP contribution in [-0.4, -0.2) is 31.0 Å². The molecule has 0 saturated heterocycles. The molecule has 0 atom stereocenters. The highest BCUT2D eigenvalue weighted by Crippen LogP contribution is 2.18. The number of likely N-dealkylation sites (N-methyl/N-ethyl adjacent to an activating group) is 1. The first-order valence-electron chi connectivity index (χ1n) is 5.86. The molecule has 4 N–H and O–H groups in total. The Balaban J connectivity index is 2.67. The predicted molar refractivity (Wildman–Crippen MR) is 72.9 cm³/mol. The van der Waals surface area contributed by atoms with Crippen LogP contribution in [0.5, 0.6) is 5.75 Å². The molecule has 0 heterocycles. The van der Waals surface area contributed by atoms with Crippen LogP contribution >= 0.6 is 0 Å². The Labute approximate surface area is 112 Å². The number of rotatable bonds is 5. The summed E-state index contributed by atoms with van der Waals surface area (Å²) < 4.78 is 5.27. The standard InChI is InChI=1S/C13H19N3O3/c1-13(2,14)12(18)16-9-5-4-6-10(7-9)19-8-11(17)15-3/h4-7H,8,14H2,1-3H3,(H,15,17)(H,16,18). The van der Waals surface area contributed by atoms with E-state index in [0.29, 0.717) is 11.4 Å². The monoisotopic (exact) mass is 265 g/mol. The van der Waals surface area contributed by atoms with Crippen molar-refractivity contribution in [2.75, 3.05) is 19.0 Å². The molecular weight excluding hydrogens is 246 g/mol. The number of carbonyl (C=O) groups is 2. The SMILES string of the molecule is CNC(=O)COc1cccc(NC(=O)C(C)(C)N)c1. The first-order chi connectivity index (χ1) is 8.82. The number of nitrogens with one attached hydrogen (secondary N) is 2. The highest BCUT2D eigenvalue weighted by atomic mass is 16.5. The average molecular weight is 265 g/mol. The third kappa shape index (κ3) is 4.97. The zero-order valence-electron chi connectivity index (χ0n) is 11.3. The minimum Gasteiger partial charge on any atom is -0.484 e. The summed E-state index contributed by atoms with van der Waals surface area (Å²) in [5.41, 5.74) is 5.29. The van der Waals surface area contributed by atoms with E-state index in [1.54, 1.807) is 38.1 Å². The van der Waals surface area contributed by atoms with E-state index in [2.05, 4.69) is 10.6 Å². The molecule has 0 aromatic heterocycles. The highest BCUT2D eigenvalue weighted by Gasteiger charge is 2.21. The zero-order chi connectivity index (χ0) is 14.5. The fourth-order valence-electron chi connectivity index (χ4n) is 1.18. The van der Waals surface area contributed by atoms with Crippen molar-refractivity contribution in [1.29, 1.82) is 0 Å². The number of carbonyl (C=O) groups excluding carboxylic acids is 2. The van der Waals surface area contributed by atoms with E-state index >= 15 is 0 Å². The Kier molecular flexibility index (Phi) is 4.88. The molecule has 0 saturated carbocycles. The van der Waals surface area contributed by atoms with Gasteiger partial charge < -0.3 is 21.1 Å². The second-order valence-electron chi connectivity index (χ2n) is 4.67. The topological polar surface area (TPSA) is 93.5 Å². The van der Waals surface area contributed by atoms with Gasteiger partial charge in [0.05, 0.1) is 5.54 Å². The molecule has 6 heteroatoms. The number of anilines is 1. The summed E-state index contributed by atoms with van der Waals surface area (Å²) in [5, 5.41) is 5.13. The van der Waals surface area contributed by atoms with E-state index < -0.39 is 5.54 Å². The largest absolute Gasteiger partial charge is 0.484 e. The van der Waals surface area contributed by atoms with Gasteiger partial charge in [0.25, 0.3) is 5.91 Å². The molecule has 0 unspecified atom stereocenters. The molecule has 0 aliphatic rings. The van der Waals surface area contributed by atoms with Gasteiger partial charge in [0, 0.05) is 18.8 Å². The number of hydrogen-bond acceptors (Lipinski definition) is 4. The number of benzene rings is 1. The van der Waals surface area contributed by atoms with Crippen LogP contribution in [0.1, 0.15) is 13.8 Å². The third-order valence-electron chi connectivity index (χ3n) is 2.33. The van der Waals surface area contributed by atoms with Crippen molar-refractivity contribution in [2.45, 2.75) is 19.4 Å². The Bertz CT molecular complexity index is 466. The molecule has 0 aliphatic heterocycles. The van der Waals surface area contributed by atoms with E-state index in [9.17, 15) is 9.59 Å².